The second-order valence-electron chi connectivity index (χ2n) is 6.15. The van der Waals surface area contributed by atoms with E-state index in [2.05, 4.69) is 20.9 Å². The molecule has 124 valence electrons. The fraction of sp³-hybridized carbons (Fsp3) is 0.529. The average molecular weight is 316 g/mol. The average Bonchev–Trinajstić information content (AvgIpc) is 2.91. The standard InChI is InChI=1S/C17H24N4O2/c1-13-20-14-4-2-3-5-15(14)21(13)9-8-19-16(22)17(12-18)6-10-23-11-7-17/h2-5H,6-12,18H2,1H3,(H,19,22). The van der Waals surface area contributed by atoms with Crippen LogP contribution in [-0.2, 0) is 16.1 Å². The van der Waals surface area contributed by atoms with Gasteiger partial charge in [-0.05, 0) is 31.9 Å². The smallest absolute Gasteiger partial charge is 0.227 e. The maximum Gasteiger partial charge on any atom is 0.227 e. The van der Waals surface area contributed by atoms with E-state index in [0.717, 1.165) is 16.9 Å². The SMILES string of the molecule is Cc1nc2ccccc2n1CCNC(=O)C1(CN)CCOCC1. The molecule has 1 aromatic heterocycles. The number of fused-ring (bicyclic) bond motifs is 1. The fourth-order valence-electron chi connectivity index (χ4n) is 3.23. The van der Waals surface area contributed by atoms with E-state index >= 15 is 0 Å². The van der Waals surface area contributed by atoms with Crippen molar-refractivity contribution >= 4 is 16.9 Å². The maximum absolute atomic E-state index is 12.6. The Morgan fingerprint density at radius 1 is 1.39 bits per heavy atom. The van der Waals surface area contributed by atoms with Gasteiger partial charge in [0.2, 0.25) is 5.91 Å². The Hall–Kier alpha value is -1.92. The van der Waals surface area contributed by atoms with E-state index in [1.807, 2.05) is 25.1 Å². The number of aromatic nitrogens is 2. The summed E-state index contributed by atoms with van der Waals surface area (Å²) in [4.78, 5) is 17.1. The third-order valence-electron chi connectivity index (χ3n) is 4.79. The number of amides is 1. The lowest BCUT2D eigenvalue weighted by atomic mass is 9.79. The Balaban J connectivity index is 1.64. The number of nitrogens with two attached hydrogens (primary N) is 1. The minimum Gasteiger partial charge on any atom is -0.381 e. The molecule has 1 aliphatic rings. The van der Waals surface area contributed by atoms with Crippen LogP contribution in [0.2, 0.25) is 0 Å². The summed E-state index contributed by atoms with van der Waals surface area (Å²) in [6.45, 7) is 4.85. The van der Waals surface area contributed by atoms with Crippen molar-refractivity contribution in [3.05, 3.63) is 30.1 Å². The monoisotopic (exact) mass is 316 g/mol. The van der Waals surface area contributed by atoms with Crippen molar-refractivity contribution in [1.82, 2.24) is 14.9 Å². The number of imidazole rings is 1. The number of carbonyl (C=O) groups excluding carboxylic acids is 1. The molecule has 3 rings (SSSR count). The Morgan fingerprint density at radius 3 is 2.87 bits per heavy atom. The molecule has 1 aromatic carbocycles. The molecule has 2 heterocycles. The Morgan fingerprint density at radius 2 is 2.13 bits per heavy atom. The van der Waals surface area contributed by atoms with Gasteiger partial charge in [-0.3, -0.25) is 4.79 Å². The molecule has 2 aromatic rings. The topological polar surface area (TPSA) is 82.2 Å². The number of benzene rings is 1. The van der Waals surface area contributed by atoms with E-state index in [1.54, 1.807) is 0 Å². The van der Waals surface area contributed by atoms with Gasteiger partial charge in [-0.15, -0.1) is 0 Å². The van der Waals surface area contributed by atoms with E-state index in [9.17, 15) is 4.79 Å². The number of hydrogen-bond acceptors (Lipinski definition) is 4. The molecule has 0 radical (unpaired) electrons. The van der Waals surface area contributed by atoms with E-state index < -0.39 is 5.41 Å². The molecule has 0 aliphatic carbocycles. The molecular weight excluding hydrogens is 292 g/mol. The first-order valence-corrected chi connectivity index (χ1v) is 8.14. The lowest BCUT2D eigenvalue weighted by Gasteiger charge is -2.34. The van der Waals surface area contributed by atoms with Crippen molar-refractivity contribution in [2.24, 2.45) is 11.1 Å². The molecule has 3 N–H and O–H groups in total. The molecule has 0 saturated carbocycles. The van der Waals surface area contributed by atoms with Crippen molar-refractivity contribution < 1.29 is 9.53 Å². The minimum absolute atomic E-state index is 0.0466. The molecule has 6 heteroatoms. The fourth-order valence-corrected chi connectivity index (χ4v) is 3.23. The highest BCUT2D eigenvalue weighted by atomic mass is 16.5. The van der Waals surface area contributed by atoms with Gasteiger partial charge in [0.25, 0.3) is 0 Å². The van der Waals surface area contributed by atoms with Crippen molar-refractivity contribution in [2.45, 2.75) is 26.3 Å². The zero-order chi connectivity index (χ0) is 16.3. The number of rotatable bonds is 5. The van der Waals surface area contributed by atoms with Gasteiger partial charge in [-0.2, -0.15) is 0 Å². The van der Waals surface area contributed by atoms with Crippen molar-refractivity contribution in [3.8, 4) is 0 Å². The first-order valence-electron chi connectivity index (χ1n) is 8.14. The Kier molecular flexibility index (Phi) is 4.63. The molecule has 0 unspecified atom stereocenters. The second-order valence-corrected chi connectivity index (χ2v) is 6.15. The van der Waals surface area contributed by atoms with Crippen LogP contribution in [0.3, 0.4) is 0 Å². The van der Waals surface area contributed by atoms with Gasteiger partial charge in [0.1, 0.15) is 5.82 Å². The normalized spacial score (nSPS) is 17.3. The predicted octanol–water partition coefficient (Wildman–Crippen LogP) is 1.22. The lowest BCUT2D eigenvalue weighted by molar-refractivity contribution is -0.135. The van der Waals surface area contributed by atoms with Crippen LogP contribution in [0.1, 0.15) is 18.7 Å². The Bertz CT molecular complexity index is 689. The number of para-hydroxylation sites is 2. The summed E-state index contributed by atoms with van der Waals surface area (Å²) in [5.41, 5.74) is 7.49. The van der Waals surface area contributed by atoms with Crippen LogP contribution in [0.5, 0.6) is 0 Å². The summed E-state index contributed by atoms with van der Waals surface area (Å²) in [7, 11) is 0. The molecule has 1 amide bonds. The third kappa shape index (κ3) is 3.09. The van der Waals surface area contributed by atoms with E-state index in [4.69, 9.17) is 10.5 Å². The minimum atomic E-state index is -0.468. The first-order chi connectivity index (χ1) is 11.2. The van der Waals surface area contributed by atoms with Crippen LogP contribution >= 0.6 is 0 Å². The zero-order valence-corrected chi connectivity index (χ0v) is 13.5. The van der Waals surface area contributed by atoms with E-state index in [-0.39, 0.29) is 5.91 Å². The van der Waals surface area contributed by atoms with Crippen molar-refractivity contribution in [3.63, 3.8) is 0 Å². The highest BCUT2D eigenvalue weighted by molar-refractivity contribution is 5.83. The van der Waals surface area contributed by atoms with Crippen LogP contribution in [0.15, 0.2) is 24.3 Å². The van der Waals surface area contributed by atoms with E-state index in [1.165, 1.54) is 0 Å². The van der Waals surface area contributed by atoms with Gasteiger partial charge >= 0.3 is 0 Å². The number of nitrogens with one attached hydrogen (secondary N) is 1. The first kappa shape index (κ1) is 16.0. The van der Waals surface area contributed by atoms with E-state index in [0.29, 0.717) is 45.7 Å². The van der Waals surface area contributed by atoms with Crippen LogP contribution in [0.4, 0.5) is 0 Å². The van der Waals surface area contributed by atoms with Gasteiger partial charge < -0.3 is 20.4 Å². The summed E-state index contributed by atoms with van der Waals surface area (Å²) in [5.74, 6) is 1.01. The lowest BCUT2D eigenvalue weighted by Crippen LogP contribution is -2.49. The zero-order valence-electron chi connectivity index (χ0n) is 13.5. The molecule has 0 bridgehead atoms. The van der Waals surface area contributed by atoms with Crippen LogP contribution in [0.25, 0.3) is 11.0 Å². The number of hydrogen-bond donors (Lipinski definition) is 2. The van der Waals surface area contributed by atoms with Gasteiger partial charge in [-0.1, -0.05) is 12.1 Å². The summed E-state index contributed by atoms with van der Waals surface area (Å²) in [5, 5.41) is 3.05. The summed E-state index contributed by atoms with van der Waals surface area (Å²) >= 11 is 0. The number of nitrogens with zero attached hydrogens (tertiary/aromatic N) is 2. The van der Waals surface area contributed by atoms with Gasteiger partial charge in [-0.25, -0.2) is 4.98 Å². The van der Waals surface area contributed by atoms with Crippen molar-refractivity contribution in [2.75, 3.05) is 26.3 Å². The van der Waals surface area contributed by atoms with Crippen LogP contribution < -0.4 is 11.1 Å². The molecule has 1 fully saturated rings. The van der Waals surface area contributed by atoms with Gasteiger partial charge in [0.05, 0.1) is 16.4 Å². The van der Waals surface area contributed by atoms with Crippen LogP contribution in [-0.4, -0.2) is 41.8 Å². The Labute approximate surface area is 136 Å². The third-order valence-corrected chi connectivity index (χ3v) is 4.79. The molecule has 1 saturated heterocycles. The summed E-state index contributed by atoms with van der Waals surface area (Å²) in [6.07, 6.45) is 1.39. The molecule has 0 atom stereocenters. The summed E-state index contributed by atoms with van der Waals surface area (Å²) in [6, 6.07) is 8.04. The highest BCUT2D eigenvalue weighted by Crippen LogP contribution is 2.29. The maximum atomic E-state index is 12.6. The van der Waals surface area contributed by atoms with Crippen LogP contribution in [0, 0.1) is 12.3 Å². The number of ether oxygens (including phenoxy) is 1. The molecule has 23 heavy (non-hydrogen) atoms. The number of aryl methyl sites for hydroxylation is 1. The van der Waals surface area contributed by atoms with Gasteiger partial charge in [0.15, 0.2) is 0 Å². The van der Waals surface area contributed by atoms with Crippen molar-refractivity contribution in [1.29, 1.82) is 0 Å². The molecule has 0 spiro atoms. The quantitative estimate of drug-likeness (QED) is 0.869. The molecular formula is C17H24N4O2. The highest BCUT2D eigenvalue weighted by Gasteiger charge is 2.38. The second kappa shape index (κ2) is 6.68. The largest absolute Gasteiger partial charge is 0.381 e. The predicted molar refractivity (Wildman–Crippen MR) is 89.0 cm³/mol. The molecule has 1 aliphatic heterocycles. The molecule has 6 nitrogen and oxygen atoms in total. The summed E-state index contributed by atoms with van der Waals surface area (Å²) < 4.78 is 7.49. The number of carbonyl (C=O) groups is 1. The van der Waals surface area contributed by atoms with Gasteiger partial charge in [0, 0.05) is 32.8 Å².